The Balaban J connectivity index is 0.00000461. The second-order valence-corrected chi connectivity index (χ2v) is 12.2. The highest BCUT2D eigenvalue weighted by Gasteiger charge is 2.56. The molecule has 2 aliphatic rings. The zero-order valence-electron chi connectivity index (χ0n) is 25.8. The highest BCUT2D eigenvalue weighted by atomic mass is 35.5. The van der Waals surface area contributed by atoms with Crippen molar-refractivity contribution in [1.29, 1.82) is 0 Å². The third-order valence-electron chi connectivity index (χ3n) is 9.47. The number of methoxy groups -OCH3 is 3. The first-order chi connectivity index (χ1) is 21.1. The molecule has 0 saturated carbocycles. The van der Waals surface area contributed by atoms with Crippen LogP contribution in [0.5, 0.6) is 17.2 Å². The first-order valence-corrected chi connectivity index (χ1v) is 15.4. The van der Waals surface area contributed by atoms with Crippen molar-refractivity contribution >= 4 is 47.4 Å². The standard InChI is InChI=1S/C33H38Cl2N4O5.ClH/c1-5-38-14-11-32(31(36)41,27-8-6-7-13-37-27)19-28(38)33(22-9-10-23(34)24(35)18-22)12-15-39(20-33)30(40)21-16-25(42-2)29(44-4)26(17-21)43-3;/h6-10,13,16-18,28H,5,11-12,14-15,19-20H2,1-4H3,(H2,36,41);1H. The first kappa shape index (κ1) is 34.6. The Hall–Kier alpha value is -3.24. The first-order valence-electron chi connectivity index (χ1n) is 14.6. The molecule has 0 spiro atoms. The SMILES string of the molecule is CCN1CCC(C(N)=O)(c2ccccn2)CC1C1(c2ccc(Cl)c(Cl)c2)CCN(C(=O)c2cc(OC)c(OC)c(OC)c2)C1.Cl. The second kappa shape index (κ2) is 14.0. The number of carbonyl (C=O) groups is 2. The highest BCUT2D eigenvalue weighted by Crippen LogP contribution is 2.49. The van der Waals surface area contributed by atoms with Gasteiger partial charge in [0, 0.05) is 36.3 Å². The largest absolute Gasteiger partial charge is 0.493 e. The predicted molar refractivity (Wildman–Crippen MR) is 177 cm³/mol. The lowest BCUT2D eigenvalue weighted by Gasteiger charge is -2.52. The quantitative estimate of drug-likeness (QED) is 0.318. The summed E-state index contributed by atoms with van der Waals surface area (Å²) < 4.78 is 16.5. The molecule has 2 saturated heterocycles. The molecule has 3 heterocycles. The Bertz CT molecular complexity index is 1520. The van der Waals surface area contributed by atoms with E-state index in [1.165, 1.54) is 21.3 Å². The van der Waals surface area contributed by atoms with Gasteiger partial charge in [0.25, 0.3) is 5.91 Å². The van der Waals surface area contributed by atoms with Gasteiger partial charge >= 0.3 is 0 Å². The van der Waals surface area contributed by atoms with E-state index in [-0.39, 0.29) is 24.4 Å². The molecule has 2 amide bonds. The zero-order valence-corrected chi connectivity index (χ0v) is 28.2. The Labute approximate surface area is 280 Å². The number of likely N-dealkylation sites (N-methyl/N-ethyl adjacent to an activating group) is 1. The average molecular weight is 678 g/mol. The number of pyridine rings is 1. The number of hydrogen-bond donors (Lipinski definition) is 1. The lowest BCUT2D eigenvalue weighted by Crippen LogP contribution is -2.61. The maximum Gasteiger partial charge on any atom is 0.254 e. The van der Waals surface area contributed by atoms with E-state index in [0.717, 1.165) is 12.1 Å². The highest BCUT2D eigenvalue weighted by molar-refractivity contribution is 6.42. The number of halogens is 3. The van der Waals surface area contributed by atoms with Crippen LogP contribution in [0.1, 0.15) is 47.8 Å². The van der Waals surface area contributed by atoms with E-state index in [2.05, 4.69) is 16.8 Å². The van der Waals surface area contributed by atoms with Gasteiger partial charge < -0.3 is 24.8 Å². The van der Waals surface area contributed by atoms with Gasteiger partial charge in [-0.2, -0.15) is 0 Å². The molecule has 3 unspecified atom stereocenters. The van der Waals surface area contributed by atoms with E-state index in [0.29, 0.717) is 77.4 Å². The van der Waals surface area contributed by atoms with Crippen molar-refractivity contribution in [1.82, 2.24) is 14.8 Å². The molecule has 45 heavy (non-hydrogen) atoms. The number of nitrogens with two attached hydrogens (primary N) is 1. The van der Waals surface area contributed by atoms with Crippen molar-refractivity contribution in [3.63, 3.8) is 0 Å². The molecule has 5 rings (SSSR count). The fourth-order valence-electron chi connectivity index (χ4n) is 7.10. The van der Waals surface area contributed by atoms with Crippen LogP contribution in [0.3, 0.4) is 0 Å². The van der Waals surface area contributed by atoms with Crippen molar-refractivity contribution < 1.29 is 23.8 Å². The number of nitrogens with zero attached hydrogens (tertiary/aromatic N) is 3. The number of likely N-dealkylation sites (tertiary alicyclic amines) is 2. The molecular formula is C33H39Cl3N4O5. The Morgan fingerprint density at radius 3 is 2.24 bits per heavy atom. The van der Waals surface area contributed by atoms with Crippen LogP contribution in [-0.2, 0) is 15.6 Å². The van der Waals surface area contributed by atoms with Crippen LogP contribution in [0, 0.1) is 0 Å². The summed E-state index contributed by atoms with van der Waals surface area (Å²) >= 11 is 13.0. The van der Waals surface area contributed by atoms with E-state index >= 15 is 0 Å². The van der Waals surface area contributed by atoms with Gasteiger partial charge in [-0.05, 0) is 74.3 Å². The van der Waals surface area contributed by atoms with Crippen LogP contribution in [0.4, 0.5) is 0 Å². The number of amides is 2. The molecule has 9 nitrogen and oxygen atoms in total. The minimum atomic E-state index is -0.963. The number of aromatic nitrogens is 1. The molecule has 0 bridgehead atoms. The molecule has 3 aromatic rings. The van der Waals surface area contributed by atoms with Crippen molar-refractivity contribution in [2.45, 2.75) is 43.1 Å². The summed E-state index contributed by atoms with van der Waals surface area (Å²) in [7, 11) is 4.56. The molecule has 242 valence electrons. The summed E-state index contributed by atoms with van der Waals surface area (Å²) in [6, 6.07) is 14.4. The number of primary amides is 1. The van der Waals surface area contributed by atoms with Crippen molar-refractivity contribution in [2.75, 3.05) is 47.5 Å². The Morgan fingerprint density at radius 2 is 1.69 bits per heavy atom. The topological polar surface area (TPSA) is 107 Å². The number of rotatable bonds is 9. The summed E-state index contributed by atoms with van der Waals surface area (Å²) in [5.74, 6) is 0.643. The maximum absolute atomic E-state index is 14.1. The van der Waals surface area contributed by atoms with E-state index in [4.69, 9.17) is 43.1 Å². The van der Waals surface area contributed by atoms with Crippen LogP contribution in [-0.4, -0.2) is 80.1 Å². The average Bonchev–Trinajstić information content (AvgIpc) is 3.51. The Kier molecular flexibility index (Phi) is 10.8. The number of benzene rings is 2. The third kappa shape index (κ3) is 6.15. The second-order valence-electron chi connectivity index (χ2n) is 11.4. The van der Waals surface area contributed by atoms with Gasteiger partial charge in [0.05, 0.1) is 42.5 Å². The van der Waals surface area contributed by atoms with Crippen LogP contribution in [0.25, 0.3) is 0 Å². The zero-order chi connectivity index (χ0) is 31.6. The van der Waals surface area contributed by atoms with Crippen LogP contribution < -0.4 is 19.9 Å². The van der Waals surface area contributed by atoms with Crippen LogP contribution in [0.15, 0.2) is 54.7 Å². The fraction of sp³-hybridized carbons (Fsp3) is 0.424. The third-order valence-corrected chi connectivity index (χ3v) is 10.2. The van der Waals surface area contributed by atoms with Gasteiger partial charge in [-0.1, -0.05) is 42.3 Å². The van der Waals surface area contributed by atoms with Gasteiger partial charge in [-0.25, -0.2) is 0 Å². The number of ether oxygens (including phenoxy) is 3. The summed E-state index contributed by atoms with van der Waals surface area (Å²) in [5.41, 5.74) is 6.69. The van der Waals surface area contributed by atoms with E-state index in [1.807, 2.05) is 35.2 Å². The number of hydrogen-bond acceptors (Lipinski definition) is 7. The summed E-state index contributed by atoms with van der Waals surface area (Å²) in [4.78, 5) is 36.3. The number of piperidine rings is 1. The minimum Gasteiger partial charge on any atom is -0.493 e. The predicted octanol–water partition coefficient (Wildman–Crippen LogP) is 5.53. The van der Waals surface area contributed by atoms with Gasteiger partial charge in [0.15, 0.2) is 11.5 Å². The molecule has 2 fully saturated rings. The molecule has 2 aliphatic heterocycles. The molecule has 0 radical (unpaired) electrons. The van der Waals surface area contributed by atoms with Crippen LogP contribution >= 0.6 is 35.6 Å². The lowest BCUT2D eigenvalue weighted by atomic mass is 9.62. The molecular weight excluding hydrogens is 639 g/mol. The van der Waals surface area contributed by atoms with Gasteiger partial charge in [-0.3, -0.25) is 19.5 Å². The number of carbonyl (C=O) groups excluding carboxylic acids is 2. The van der Waals surface area contributed by atoms with E-state index < -0.39 is 16.7 Å². The fourth-order valence-corrected chi connectivity index (χ4v) is 7.40. The van der Waals surface area contributed by atoms with Gasteiger partial charge in [-0.15, -0.1) is 12.4 Å². The molecule has 12 heteroatoms. The molecule has 1 aromatic heterocycles. The van der Waals surface area contributed by atoms with E-state index in [1.54, 1.807) is 24.4 Å². The van der Waals surface area contributed by atoms with Crippen molar-refractivity contribution in [2.24, 2.45) is 5.73 Å². The summed E-state index contributed by atoms with van der Waals surface area (Å²) in [5, 5.41) is 0.882. The summed E-state index contributed by atoms with van der Waals surface area (Å²) in [6.07, 6.45) is 3.33. The molecule has 0 aliphatic carbocycles. The summed E-state index contributed by atoms with van der Waals surface area (Å²) in [6.45, 7) is 4.38. The Morgan fingerprint density at radius 1 is 0.978 bits per heavy atom. The molecule has 2 aromatic carbocycles. The normalized spacial score (nSPS) is 23.2. The van der Waals surface area contributed by atoms with Crippen molar-refractivity contribution in [3.05, 3.63) is 81.6 Å². The van der Waals surface area contributed by atoms with Crippen LogP contribution in [0.2, 0.25) is 10.0 Å². The lowest BCUT2D eigenvalue weighted by molar-refractivity contribution is -0.127. The molecule has 3 atom stereocenters. The maximum atomic E-state index is 14.1. The van der Waals surface area contributed by atoms with Gasteiger partial charge in [0.2, 0.25) is 11.7 Å². The molecule has 2 N–H and O–H groups in total. The van der Waals surface area contributed by atoms with E-state index in [9.17, 15) is 9.59 Å². The van der Waals surface area contributed by atoms with Crippen molar-refractivity contribution in [3.8, 4) is 17.2 Å². The van der Waals surface area contributed by atoms with Gasteiger partial charge in [0.1, 0.15) is 0 Å². The minimum absolute atomic E-state index is 0. The monoisotopic (exact) mass is 676 g/mol. The smallest absolute Gasteiger partial charge is 0.254 e.